The summed E-state index contributed by atoms with van der Waals surface area (Å²) < 4.78 is 0. The molecule has 0 aliphatic rings. The molecule has 0 aromatic heterocycles. The summed E-state index contributed by atoms with van der Waals surface area (Å²) in [5, 5.41) is 32.2. The third-order valence-corrected chi connectivity index (χ3v) is 3.04. The second kappa shape index (κ2) is 6.99. The fourth-order valence-electron chi connectivity index (χ4n) is 1.82. The van der Waals surface area contributed by atoms with Gasteiger partial charge in [0.1, 0.15) is 5.69 Å². The molecule has 0 fully saturated rings. The van der Waals surface area contributed by atoms with Crippen LogP contribution in [-0.2, 0) is 0 Å². The first-order valence-electron chi connectivity index (χ1n) is 6.53. The number of benzene rings is 2. The maximum absolute atomic E-state index is 11.9. The molecule has 0 saturated carbocycles. The van der Waals surface area contributed by atoms with Crippen LogP contribution < -0.4 is 10.9 Å². The Balaban J connectivity index is 2.14. The smallest absolute Gasteiger partial charge is 0.292 e. The van der Waals surface area contributed by atoms with E-state index in [9.17, 15) is 35.1 Å². The number of hydrogen-bond acceptors (Lipinski definition) is 8. The minimum Gasteiger partial charge on any atom is -0.292 e. The molecule has 0 bridgehead atoms. The van der Waals surface area contributed by atoms with E-state index in [1.165, 1.54) is 12.1 Å². The maximum atomic E-state index is 11.9. The summed E-state index contributed by atoms with van der Waals surface area (Å²) in [5.74, 6) is -0.706. The molecule has 2 aromatic carbocycles. The highest BCUT2D eigenvalue weighted by molar-refractivity contribution is 5.95. The van der Waals surface area contributed by atoms with Gasteiger partial charge < -0.3 is 0 Å². The van der Waals surface area contributed by atoms with E-state index in [1.807, 2.05) is 0 Å². The van der Waals surface area contributed by atoms with Crippen LogP contribution in [-0.4, -0.2) is 20.7 Å². The zero-order valence-electron chi connectivity index (χ0n) is 12.2. The Morgan fingerprint density at radius 3 is 1.88 bits per heavy atom. The average Bonchev–Trinajstić information content (AvgIpc) is 2.59. The number of non-ortho nitro benzene ring substituents is 2. The summed E-state index contributed by atoms with van der Waals surface area (Å²) in [6.45, 7) is 0. The maximum Gasteiger partial charge on any atom is 0.300 e. The summed E-state index contributed by atoms with van der Waals surface area (Å²) in [4.78, 5) is 41.9. The zero-order chi connectivity index (χ0) is 18.6. The monoisotopic (exact) mass is 347 g/mol. The van der Waals surface area contributed by atoms with Crippen molar-refractivity contribution in [1.82, 2.24) is 5.43 Å². The van der Waals surface area contributed by atoms with Crippen LogP contribution in [0.25, 0.3) is 0 Å². The highest BCUT2D eigenvalue weighted by atomic mass is 16.6. The van der Waals surface area contributed by atoms with Crippen molar-refractivity contribution in [2.75, 3.05) is 5.43 Å². The SMILES string of the molecule is O=C(NNc1ccc([N+](=O)[O-])cc1[N+](=O)[O-])c1ccc([N+](=O)[O-])cc1. The van der Waals surface area contributed by atoms with Gasteiger partial charge in [-0.2, -0.15) is 0 Å². The van der Waals surface area contributed by atoms with Gasteiger partial charge in [0.25, 0.3) is 17.3 Å². The van der Waals surface area contributed by atoms with Gasteiger partial charge >= 0.3 is 5.69 Å². The number of nitrogens with zero attached hydrogens (tertiary/aromatic N) is 3. The molecule has 1 amide bonds. The lowest BCUT2D eigenvalue weighted by Gasteiger charge is -2.08. The van der Waals surface area contributed by atoms with Crippen LogP contribution in [0.15, 0.2) is 42.5 Å². The van der Waals surface area contributed by atoms with Gasteiger partial charge in [-0.1, -0.05) is 0 Å². The molecule has 0 unspecified atom stereocenters. The van der Waals surface area contributed by atoms with E-state index in [-0.39, 0.29) is 16.9 Å². The zero-order valence-corrected chi connectivity index (χ0v) is 12.2. The summed E-state index contributed by atoms with van der Waals surface area (Å²) in [7, 11) is 0. The number of amides is 1. The Morgan fingerprint density at radius 1 is 0.800 bits per heavy atom. The van der Waals surface area contributed by atoms with Crippen LogP contribution in [0.2, 0.25) is 0 Å². The predicted octanol–water partition coefficient (Wildman–Crippen LogP) is 2.17. The highest BCUT2D eigenvalue weighted by Crippen LogP contribution is 2.28. The Kier molecular flexibility index (Phi) is 4.83. The first-order valence-corrected chi connectivity index (χ1v) is 6.53. The molecular weight excluding hydrogens is 338 g/mol. The minimum atomic E-state index is -0.840. The van der Waals surface area contributed by atoms with Crippen molar-refractivity contribution in [2.24, 2.45) is 0 Å². The third-order valence-electron chi connectivity index (χ3n) is 3.04. The van der Waals surface area contributed by atoms with E-state index < -0.39 is 32.1 Å². The van der Waals surface area contributed by atoms with Crippen LogP contribution in [0, 0.1) is 30.3 Å². The van der Waals surface area contributed by atoms with Gasteiger partial charge in [-0.25, -0.2) is 0 Å². The number of nitro benzene ring substituents is 3. The lowest BCUT2D eigenvalue weighted by atomic mass is 10.2. The molecule has 2 N–H and O–H groups in total. The van der Waals surface area contributed by atoms with E-state index in [0.29, 0.717) is 0 Å². The Hall–Kier alpha value is -4.09. The van der Waals surface area contributed by atoms with E-state index in [1.54, 1.807) is 0 Å². The fourth-order valence-corrected chi connectivity index (χ4v) is 1.82. The standard InChI is InChI=1S/C13H9N5O7/c19-13(8-1-3-9(4-2-8)16(20)21)15-14-11-6-5-10(17(22)23)7-12(11)18(24)25/h1-7,14H,(H,15,19). The molecule has 2 aromatic rings. The molecule has 0 atom stereocenters. The van der Waals surface area contributed by atoms with E-state index in [0.717, 1.165) is 30.3 Å². The molecule has 0 radical (unpaired) electrons. The van der Waals surface area contributed by atoms with Gasteiger partial charge in [0, 0.05) is 23.8 Å². The van der Waals surface area contributed by atoms with Gasteiger partial charge in [-0.3, -0.25) is 46.0 Å². The van der Waals surface area contributed by atoms with Crippen molar-refractivity contribution in [3.05, 3.63) is 78.4 Å². The van der Waals surface area contributed by atoms with Crippen LogP contribution in [0.3, 0.4) is 0 Å². The van der Waals surface area contributed by atoms with Crippen LogP contribution in [0.4, 0.5) is 22.7 Å². The highest BCUT2D eigenvalue weighted by Gasteiger charge is 2.20. The average molecular weight is 347 g/mol. The summed E-state index contributed by atoms with van der Waals surface area (Å²) in [6, 6.07) is 7.53. The topological polar surface area (TPSA) is 171 Å². The van der Waals surface area contributed by atoms with Crippen molar-refractivity contribution in [3.63, 3.8) is 0 Å². The number of anilines is 1. The number of hydrazine groups is 1. The number of nitro groups is 3. The Morgan fingerprint density at radius 2 is 1.36 bits per heavy atom. The number of carbonyl (C=O) groups excluding carboxylic acids is 1. The van der Waals surface area contributed by atoms with Crippen LogP contribution in [0.5, 0.6) is 0 Å². The molecule has 0 saturated heterocycles. The molecule has 0 aliphatic carbocycles. The van der Waals surface area contributed by atoms with Gasteiger partial charge in [0.05, 0.1) is 20.8 Å². The largest absolute Gasteiger partial charge is 0.300 e. The first-order chi connectivity index (χ1) is 11.8. The molecule has 0 aliphatic heterocycles. The van der Waals surface area contributed by atoms with E-state index >= 15 is 0 Å². The van der Waals surface area contributed by atoms with Crippen molar-refractivity contribution >= 4 is 28.7 Å². The summed E-state index contributed by atoms with van der Waals surface area (Å²) >= 11 is 0. The molecule has 12 heteroatoms. The van der Waals surface area contributed by atoms with Crippen molar-refractivity contribution in [3.8, 4) is 0 Å². The van der Waals surface area contributed by atoms with Crippen LogP contribution in [0.1, 0.15) is 10.4 Å². The number of rotatable bonds is 6. The molecule has 128 valence electrons. The van der Waals surface area contributed by atoms with Crippen molar-refractivity contribution in [2.45, 2.75) is 0 Å². The molecule has 12 nitrogen and oxygen atoms in total. The van der Waals surface area contributed by atoms with Crippen LogP contribution >= 0.6 is 0 Å². The van der Waals surface area contributed by atoms with E-state index in [4.69, 9.17) is 0 Å². The quantitative estimate of drug-likeness (QED) is 0.591. The van der Waals surface area contributed by atoms with Gasteiger partial charge in [0.2, 0.25) is 0 Å². The molecule has 0 heterocycles. The summed E-state index contributed by atoms with van der Waals surface area (Å²) in [6.07, 6.45) is 0. The second-order valence-electron chi connectivity index (χ2n) is 4.60. The number of hydrogen-bond donors (Lipinski definition) is 2. The van der Waals surface area contributed by atoms with E-state index in [2.05, 4.69) is 10.9 Å². The van der Waals surface area contributed by atoms with Crippen molar-refractivity contribution in [1.29, 1.82) is 0 Å². The lowest BCUT2D eigenvalue weighted by Crippen LogP contribution is -2.29. The first kappa shape index (κ1) is 17.3. The molecule has 2 rings (SSSR count). The summed E-state index contributed by atoms with van der Waals surface area (Å²) in [5.41, 5.74) is 3.11. The van der Waals surface area contributed by atoms with Gasteiger partial charge in [-0.15, -0.1) is 0 Å². The van der Waals surface area contributed by atoms with Gasteiger partial charge in [-0.05, 0) is 18.2 Å². The Bertz CT molecular complexity index is 866. The Labute approximate surface area is 138 Å². The van der Waals surface area contributed by atoms with Crippen molar-refractivity contribution < 1.29 is 19.6 Å². The van der Waals surface area contributed by atoms with Gasteiger partial charge in [0.15, 0.2) is 0 Å². The molecular formula is C13H9N5O7. The minimum absolute atomic E-state index is 0.0719. The number of nitrogens with one attached hydrogen (secondary N) is 2. The molecule has 25 heavy (non-hydrogen) atoms. The number of carbonyl (C=O) groups is 1. The lowest BCUT2D eigenvalue weighted by molar-refractivity contribution is -0.393. The normalized spacial score (nSPS) is 9.92. The third kappa shape index (κ3) is 4.01. The molecule has 0 spiro atoms. The fraction of sp³-hybridized carbons (Fsp3) is 0. The second-order valence-corrected chi connectivity index (χ2v) is 4.60. The predicted molar refractivity (Wildman–Crippen MR) is 83.9 cm³/mol.